The van der Waals surface area contributed by atoms with E-state index in [-0.39, 0.29) is 18.4 Å². The summed E-state index contributed by atoms with van der Waals surface area (Å²) in [6.07, 6.45) is 4.56. The minimum atomic E-state index is -0.166. The Balaban J connectivity index is 1.62. The number of likely N-dealkylation sites (N-methyl/N-ethyl adjacent to an activating group) is 1. The third-order valence-corrected chi connectivity index (χ3v) is 5.29. The minimum absolute atomic E-state index is 0.0388. The number of benzene rings is 1. The van der Waals surface area contributed by atoms with Crippen LogP contribution in [-0.2, 0) is 17.6 Å². The van der Waals surface area contributed by atoms with Crippen molar-refractivity contribution >= 4 is 28.8 Å². The van der Waals surface area contributed by atoms with Crippen molar-refractivity contribution in [3.8, 4) is 5.75 Å². The number of nitrogens with one attached hydrogen (secondary N) is 2. The normalized spacial score (nSPS) is 13.0. The lowest BCUT2D eigenvalue weighted by Gasteiger charge is -2.08. The number of ether oxygens (including phenoxy) is 1. The highest BCUT2D eigenvalue weighted by atomic mass is 32.1. The zero-order valence-corrected chi connectivity index (χ0v) is 15.1. The van der Waals surface area contributed by atoms with Crippen molar-refractivity contribution in [2.24, 2.45) is 0 Å². The minimum Gasteiger partial charge on any atom is -0.484 e. The van der Waals surface area contributed by atoms with Crippen LogP contribution >= 0.6 is 11.3 Å². The van der Waals surface area contributed by atoms with Gasteiger partial charge in [0.15, 0.2) is 6.61 Å². The van der Waals surface area contributed by atoms with E-state index in [4.69, 9.17) is 4.74 Å². The molecule has 2 N–H and O–H groups in total. The molecule has 0 unspecified atom stereocenters. The Morgan fingerprint density at radius 3 is 2.84 bits per heavy atom. The summed E-state index contributed by atoms with van der Waals surface area (Å²) >= 11 is 1.59. The fraction of sp³-hybridized carbons (Fsp3) is 0.368. The van der Waals surface area contributed by atoms with Crippen LogP contribution in [0.2, 0.25) is 0 Å². The van der Waals surface area contributed by atoms with Gasteiger partial charge in [-0.25, -0.2) is 0 Å². The van der Waals surface area contributed by atoms with Crippen LogP contribution in [0.1, 0.15) is 39.9 Å². The summed E-state index contributed by atoms with van der Waals surface area (Å²) < 4.78 is 5.45. The Hall–Kier alpha value is -2.34. The van der Waals surface area contributed by atoms with E-state index in [9.17, 15) is 9.59 Å². The molecule has 1 aromatic carbocycles. The monoisotopic (exact) mass is 358 g/mol. The van der Waals surface area contributed by atoms with Crippen LogP contribution in [0.5, 0.6) is 5.75 Å². The van der Waals surface area contributed by atoms with Gasteiger partial charge in [0, 0.05) is 23.2 Å². The Labute approximate surface area is 151 Å². The molecule has 0 aliphatic heterocycles. The first-order valence-corrected chi connectivity index (χ1v) is 9.40. The summed E-state index contributed by atoms with van der Waals surface area (Å²) in [5.41, 5.74) is 1.98. The maximum absolute atomic E-state index is 12.5. The second-order valence-electron chi connectivity index (χ2n) is 5.99. The van der Waals surface area contributed by atoms with E-state index in [1.807, 2.05) is 19.1 Å². The van der Waals surface area contributed by atoms with Gasteiger partial charge in [-0.3, -0.25) is 9.59 Å². The van der Waals surface area contributed by atoms with Crippen LogP contribution < -0.4 is 15.4 Å². The maximum Gasteiger partial charge on any atom is 0.265 e. The van der Waals surface area contributed by atoms with Gasteiger partial charge in [-0.05, 0) is 56.4 Å². The van der Waals surface area contributed by atoms with Crippen molar-refractivity contribution in [3.63, 3.8) is 0 Å². The highest BCUT2D eigenvalue weighted by Crippen LogP contribution is 2.30. The molecule has 0 fully saturated rings. The molecule has 0 radical (unpaired) electrons. The number of anilines is 1. The number of thiophene rings is 1. The number of hydrogen-bond acceptors (Lipinski definition) is 4. The summed E-state index contributed by atoms with van der Waals surface area (Å²) in [7, 11) is 0. The van der Waals surface area contributed by atoms with E-state index in [2.05, 4.69) is 10.6 Å². The standard InChI is InChI=1S/C19H22N2O3S/c1-2-20-18(22)12-24-15-8-5-7-14(11-15)21-19(23)17-10-13-6-3-4-9-16(13)25-17/h5,7-8,10-11H,2-4,6,9,12H2,1H3,(H,20,22)(H,21,23). The van der Waals surface area contributed by atoms with Gasteiger partial charge < -0.3 is 15.4 Å². The molecule has 1 aliphatic rings. The number of carbonyl (C=O) groups excluding carboxylic acids is 2. The molecular weight excluding hydrogens is 336 g/mol. The molecule has 0 atom stereocenters. The predicted octanol–water partition coefficient (Wildman–Crippen LogP) is 3.39. The first kappa shape index (κ1) is 17.5. The second-order valence-corrected chi connectivity index (χ2v) is 7.13. The number of rotatable bonds is 6. The Morgan fingerprint density at radius 1 is 1.20 bits per heavy atom. The highest BCUT2D eigenvalue weighted by Gasteiger charge is 2.17. The molecule has 25 heavy (non-hydrogen) atoms. The largest absolute Gasteiger partial charge is 0.484 e. The first-order valence-electron chi connectivity index (χ1n) is 8.58. The van der Waals surface area contributed by atoms with Crippen molar-refractivity contribution in [2.75, 3.05) is 18.5 Å². The maximum atomic E-state index is 12.5. The van der Waals surface area contributed by atoms with Crippen LogP contribution in [0.4, 0.5) is 5.69 Å². The third kappa shape index (κ3) is 4.60. The lowest BCUT2D eigenvalue weighted by atomic mass is 9.99. The van der Waals surface area contributed by atoms with Gasteiger partial charge in [0.2, 0.25) is 0 Å². The average molecular weight is 358 g/mol. The second kappa shape index (κ2) is 8.16. The Bertz CT molecular complexity index is 746. The van der Waals surface area contributed by atoms with Crippen LogP contribution in [0.15, 0.2) is 30.3 Å². The molecule has 1 heterocycles. The Kier molecular flexibility index (Phi) is 5.71. The number of fused-ring (bicyclic) bond motifs is 1. The van der Waals surface area contributed by atoms with Gasteiger partial charge in [-0.15, -0.1) is 11.3 Å². The zero-order valence-electron chi connectivity index (χ0n) is 14.3. The first-order chi connectivity index (χ1) is 12.2. The summed E-state index contributed by atoms with van der Waals surface area (Å²) in [6, 6.07) is 9.11. The quantitative estimate of drug-likeness (QED) is 0.832. The van der Waals surface area contributed by atoms with Crippen molar-refractivity contribution < 1.29 is 14.3 Å². The summed E-state index contributed by atoms with van der Waals surface area (Å²) in [6.45, 7) is 2.39. The predicted molar refractivity (Wildman–Crippen MR) is 99.5 cm³/mol. The van der Waals surface area contributed by atoms with Crippen molar-refractivity contribution in [3.05, 3.63) is 45.6 Å². The van der Waals surface area contributed by atoms with Gasteiger partial charge >= 0.3 is 0 Å². The average Bonchev–Trinajstić information content (AvgIpc) is 3.05. The van der Waals surface area contributed by atoms with E-state index in [0.29, 0.717) is 18.0 Å². The summed E-state index contributed by atoms with van der Waals surface area (Å²) in [5.74, 6) is 0.288. The highest BCUT2D eigenvalue weighted by molar-refractivity contribution is 7.14. The van der Waals surface area contributed by atoms with Gasteiger partial charge in [0.25, 0.3) is 11.8 Å². The van der Waals surface area contributed by atoms with Gasteiger partial charge in [0.05, 0.1) is 4.88 Å². The van der Waals surface area contributed by atoms with Gasteiger partial charge in [-0.2, -0.15) is 0 Å². The van der Waals surface area contributed by atoms with Gasteiger partial charge in [-0.1, -0.05) is 6.07 Å². The summed E-state index contributed by atoms with van der Waals surface area (Å²) in [5, 5.41) is 5.59. The van der Waals surface area contributed by atoms with E-state index >= 15 is 0 Å². The molecule has 3 rings (SSSR count). The molecule has 1 aliphatic carbocycles. The van der Waals surface area contributed by atoms with Crippen LogP contribution in [0, 0.1) is 0 Å². The molecule has 1 aromatic heterocycles. The zero-order chi connectivity index (χ0) is 17.6. The molecule has 0 bridgehead atoms. The van der Waals surface area contributed by atoms with E-state index in [1.165, 1.54) is 23.3 Å². The van der Waals surface area contributed by atoms with Crippen molar-refractivity contribution in [2.45, 2.75) is 32.6 Å². The fourth-order valence-electron chi connectivity index (χ4n) is 2.86. The molecule has 0 spiro atoms. The molecule has 6 heteroatoms. The van der Waals surface area contributed by atoms with E-state index in [1.54, 1.807) is 29.5 Å². The molecule has 5 nitrogen and oxygen atoms in total. The third-order valence-electron chi connectivity index (χ3n) is 4.06. The molecule has 2 amide bonds. The topological polar surface area (TPSA) is 67.4 Å². The number of aryl methyl sites for hydroxylation is 2. The molecule has 132 valence electrons. The molecular formula is C19H22N2O3S. The Morgan fingerprint density at radius 2 is 2.04 bits per heavy atom. The molecule has 0 saturated heterocycles. The lowest BCUT2D eigenvalue weighted by Crippen LogP contribution is -2.28. The lowest BCUT2D eigenvalue weighted by molar-refractivity contribution is -0.122. The van der Waals surface area contributed by atoms with Crippen LogP contribution in [-0.4, -0.2) is 25.0 Å². The number of carbonyl (C=O) groups is 2. The number of hydrogen-bond donors (Lipinski definition) is 2. The smallest absolute Gasteiger partial charge is 0.265 e. The molecule has 0 saturated carbocycles. The van der Waals surface area contributed by atoms with Crippen molar-refractivity contribution in [1.29, 1.82) is 0 Å². The van der Waals surface area contributed by atoms with Gasteiger partial charge in [0.1, 0.15) is 5.75 Å². The van der Waals surface area contributed by atoms with E-state index < -0.39 is 0 Å². The summed E-state index contributed by atoms with van der Waals surface area (Å²) in [4.78, 5) is 26.0. The number of amides is 2. The fourth-order valence-corrected chi connectivity index (χ4v) is 4.00. The SMILES string of the molecule is CCNC(=O)COc1cccc(NC(=O)c2cc3c(s2)CCCC3)c1. The van der Waals surface area contributed by atoms with Crippen LogP contribution in [0.3, 0.4) is 0 Å². The molecule has 2 aromatic rings. The van der Waals surface area contributed by atoms with Crippen molar-refractivity contribution in [1.82, 2.24) is 5.32 Å². The van der Waals surface area contributed by atoms with E-state index in [0.717, 1.165) is 17.7 Å². The van der Waals surface area contributed by atoms with Crippen LogP contribution in [0.25, 0.3) is 0 Å².